The number of nitrogens with one attached hydrogen (secondary N) is 3. The summed E-state index contributed by atoms with van der Waals surface area (Å²) in [6, 6.07) is 5.22. The predicted molar refractivity (Wildman–Crippen MR) is 120 cm³/mol. The fraction of sp³-hybridized carbons (Fsp3) is 0.609. The van der Waals surface area contributed by atoms with Crippen molar-refractivity contribution in [3.8, 4) is 0 Å². The summed E-state index contributed by atoms with van der Waals surface area (Å²) < 4.78 is 0. The van der Waals surface area contributed by atoms with Gasteiger partial charge in [0.15, 0.2) is 0 Å². The van der Waals surface area contributed by atoms with E-state index in [1.54, 1.807) is 11.8 Å². The summed E-state index contributed by atoms with van der Waals surface area (Å²) in [6.07, 6.45) is 4.20. The molecule has 2 aromatic rings. The molecule has 1 aromatic heterocycles. The van der Waals surface area contributed by atoms with Crippen LogP contribution in [0.3, 0.4) is 0 Å². The summed E-state index contributed by atoms with van der Waals surface area (Å²) in [7, 11) is 2.20. The van der Waals surface area contributed by atoms with Crippen LogP contribution in [0, 0.1) is 5.92 Å². The van der Waals surface area contributed by atoms with Crippen LogP contribution >= 0.6 is 11.8 Å². The summed E-state index contributed by atoms with van der Waals surface area (Å²) in [6.45, 7) is 8.65. The Balaban J connectivity index is 1.49. The third-order valence-corrected chi connectivity index (χ3v) is 8.08. The van der Waals surface area contributed by atoms with Gasteiger partial charge in [-0.15, -0.1) is 11.8 Å². The Hall–Kier alpha value is -1.50. The second-order valence-electron chi connectivity index (χ2n) is 10.0. The monoisotopic (exact) mass is 412 g/mol. The molecule has 1 amide bonds. The van der Waals surface area contributed by atoms with Crippen LogP contribution in [0.25, 0.3) is 10.9 Å². The van der Waals surface area contributed by atoms with Crippen LogP contribution in [-0.4, -0.2) is 53.2 Å². The van der Waals surface area contributed by atoms with E-state index in [4.69, 9.17) is 0 Å². The SMILES string of the molecule is CN1C[C@H](C(=O)NC2NCCS2)CC2c3cc(C(C)(C)C)cc4[nH]cc(c34)C[C@H]21. The lowest BCUT2D eigenvalue weighted by Crippen LogP contribution is -2.53. The van der Waals surface area contributed by atoms with Gasteiger partial charge in [0.1, 0.15) is 5.50 Å². The van der Waals surface area contributed by atoms with Crippen LogP contribution in [-0.2, 0) is 16.6 Å². The molecule has 2 unspecified atom stereocenters. The molecule has 5 nitrogen and oxygen atoms in total. The van der Waals surface area contributed by atoms with Gasteiger partial charge in [0, 0.05) is 47.9 Å². The molecular weight excluding hydrogens is 380 g/mol. The molecule has 1 aromatic carbocycles. The number of aromatic nitrogens is 1. The first-order valence-electron chi connectivity index (χ1n) is 10.8. The molecule has 3 heterocycles. The quantitative estimate of drug-likeness (QED) is 0.709. The molecule has 3 N–H and O–H groups in total. The standard InChI is InChI=1S/C23H32N4OS/c1-23(2,3)15-9-17-16-7-14(21(28)26-22-24-5-6-29-22)12-27(4)19(16)8-13-11-25-18(10-15)20(13)17/h9-11,14,16,19,22,24-25H,5-8,12H2,1-4H3,(H,26,28)/t14-,16?,19-,22?/m1/s1. The summed E-state index contributed by atoms with van der Waals surface area (Å²) >= 11 is 1.79. The van der Waals surface area contributed by atoms with Crippen molar-refractivity contribution in [2.24, 2.45) is 5.92 Å². The summed E-state index contributed by atoms with van der Waals surface area (Å²) in [5, 5.41) is 7.98. The summed E-state index contributed by atoms with van der Waals surface area (Å²) in [4.78, 5) is 19.0. The Kier molecular flexibility index (Phi) is 4.72. The third-order valence-electron chi connectivity index (χ3n) is 7.02. The molecule has 2 saturated heterocycles. The molecule has 156 valence electrons. The highest BCUT2D eigenvalue weighted by Crippen LogP contribution is 2.46. The predicted octanol–water partition coefficient (Wildman–Crippen LogP) is 3.16. The number of hydrogen-bond acceptors (Lipinski definition) is 4. The van der Waals surface area contributed by atoms with E-state index >= 15 is 0 Å². The smallest absolute Gasteiger partial charge is 0.226 e. The second-order valence-corrected chi connectivity index (χ2v) is 11.2. The highest BCUT2D eigenvalue weighted by Gasteiger charge is 2.42. The number of likely N-dealkylation sites (tertiary alicyclic amines) is 1. The van der Waals surface area contributed by atoms with Gasteiger partial charge in [0.25, 0.3) is 0 Å². The van der Waals surface area contributed by atoms with Crippen LogP contribution in [0.4, 0.5) is 0 Å². The largest absolute Gasteiger partial charge is 0.361 e. The van der Waals surface area contributed by atoms with Crippen molar-refractivity contribution in [3.63, 3.8) is 0 Å². The zero-order chi connectivity index (χ0) is 20.3. The van der Waals surface area contributed by atoms with Gasteiger partial charge in [-0.2, -0.15) is 0 Å². The van der Waals surface area contributed by atoms with Crippen molar-refractivity contribution >= 4 is 28.6 Å². The molecule has 1 aliphatic carbocycles. The van der Waals surface area contributed by atoms with Crippen molar-refractivity contribution in [1.29, 1.82) is 0 Å². The van der Waals surface area contributed by atoms with E-state index in [1.807, 2.05) is 0 Å². The van der Waals surface area contributed by atoms with Gasteiger partial charge in [-0.25, -0.2) is 0 Å². The molecule has 5 rings (SSSR count). The summed E-state index contributed by atoms with van der Waals surface area (Å²) in [5.74, 6) is 1.71. The number of carbonyl (C=O) groups is 1. The maximum Gasteiger partial charge on any atom is 0.226 e. The van der Waals surface area contributed by atoms with Gasteiger partial charge in [-0.3, -0.25) is 10.1 Å². The molecule has 6 heteroatoms. The van der Waals surface area contributed by atoms with Crippen molar-refractivity contribution in [2.75, 3.05) is 25.9 Å². The lowest BCUT2D eigenvalue weighted by Gasteiger charge is -2.45. The van der Waals surface area contributed by atoms with E-state index in [9.17, 15) is 4.79 Å². The van der Waals surface area contributed by atoms with Gasteiger partial charge in [0.05, 0.1) is 5.92 Å². The number of likely N-dealkylation sites (N-methyl/N-ethyl adjacent to an activating group) is 1. The van der Waals surface area contributed by atoms with Crippen molar-refractivity contribution in [2.45, 2.75) is 56.5 Å². The zero-order valence-corrected chi connectivity index (χ0v) is 18.7. The van der Waals surface area contributed by atoms with Crippen LogP contribution < -0.4 is 10.6 Å². The Morgan fingerprint density at radius 2 is 2.14 bits per heavy atom. The first-order chi connectivity index (χ1) is 13.8. The first kappa shape index (κ1) is 19.5. The number of benzene rings is 1. The minimum Gasteiger partial charge on any atom is -0.361 e. The molecule has 3 aliphatic rings. The molecule has 2 aliphatic heterocycles. The number of rotatable bonds is 2. The van der Waals surface area contributed by atoms with E-state index in [0.29, 0.717) is 12.0 Å². The second kappa shape index (κ2) is 7.03. The third kappa shape index (κ3) is 3.39. The van der Waals surface area contributed by atoms with Crippen molar-refractivity contribution in [1.82, 2.24) is 20.5 Å². The number of aromatic amines is 1. The van der Waals surface area contributed by atoms with Gasteiger partial charge in [0.2, 0.25) is 5.91 Å². The number of thioether (sulfide) groups is 1. The number of hydrogen-bond donors (Lipinski definition) is 3. The average molecular weight is 413 g/mol. The molecular formula is C23H32N4OS. The molecule has 0 radical (unpaired) electrons. The minimum absolute atomic E-state index is 0.0399. The maximum atomic E-state index is 13.0. The highest BCUT2D eigenvalue weighted by atomic mass is 32.2. The fourth-order valence-corrected chi connectivity index (χ4v) is 6.31. The van der Waals surface area contributed by atoms with Crippen molar-refractivity contribution in [3.05, 3.63) is 35.0 Å². The highest BCUT2D eigenvalue weighted by molar-refractivity contribution is 8.00. The van der Waals surface area contributed by atoms with Crippen LogP contribution in [0.5, 0.6) is 0 Å². The minimum atomic E-state index is 0.0399. The lowest BCUT2D eigenvalue weighted by molar-refractivity contribution is -0.127. The van der Waals surface area contributed by atoms with Gasteiger partial charge < -0.3 is 15.2 Å². The number of nitrogens with zero attached hydrogens (tertiary/aromatic N) is 1. The molecule has 2 fully saturated rings. The zero-order valence-electron chi connectivity index (χ0n) is 17.8. The topological polar surface area (TPSA) is 60.2 Å². The maximum absolute atomic E-state index is 13.0. The number of H-pyrrole nitrogens is 1. The van der Waals surface area contributed by atoms with E-state index < -0.39 is 0 Å². The lowest BCUT2D eigenvalue weighted by atomic mass is 9.71. The van der Waals surface area contributed by atoms with Gasteiger partial charge >= 0.3 is 0 Å². The van der Waals surface area contributed by atoms with Crippen LogP contribution in [0.15, 0.2) is 18.3 Å². The van der Waals surface area contributed by atoms with Gasteiger partial charge in [-0.05, 0) is 48.1 Å². The van der Waals surface area contributed by atoms with E-state index in [0.717, 1.165) is 31.7 Å². The normalized spacial score (nSPS) is 29.8. The Morgan fingerprint density at radius 1 is 1.31 bits per heavy atom. The summed E-state index contributed by atoms with van der Waals surface area (Å²) in [5.41, 5.74) is 5.67. The number of fused-ring (bicyclic) bond motifs is 2. The van der Waals surface area contributed by atoms with E-state index in [-0.39, 0.29) is 22.7 Å². The molecule has 0 saturated carbocycles. The van der Waals surface area contributed by atoms with Crippen molar-refractivity contribution < 1.29 is 4.79 Å². The number of piperidine rings is 1. The Bertz CT molecular complexity index is 940. The Morgan fingerprint density at radius 3 is 2.86 bits per heavy atom. The molecule has 29 heavy (non-hydrogen) atoms. The van der Waals surface area contributed by atoms with Gasteiger partial charge in [-0.1, -0.05) is 26.8 Å². The number of carbonyl (C=O) groups excluding carboxylic acids is 1. The molecule has 0 spiro atoms. The molecule has 4 atom stereocenters. The van der Waals surface area contributed by atoms with Crippen LogP contribution in [0.2, 0.25) is 0 Å². The number of amides is 1. The molecule has 0 bridgehead atoms. The van der Waals surface area contributed by atoms with E-state index in [2.05, 4.69) is 66.7 Å². The fourth-order valence-electron chi connectivity index (χ4n) is 5.40. The average Bonchev–Trinajstić information content (AvgIpc) is 3.32. The van der Waals surface area contributed by atoms with Crippen LogP contribution in [0.1, 0.15) is 49.8 Å². The van der Waals surface area contributed by atoms with E-state index in [1.165, 1.54) is 27.6 Å². The Labute approximate surface area is 177 Å². The first-order valence-corrected chi connectivity index (χ1v) is 11.9.